The number of fused-ring (bicyclic) bond motifs is 1. The van der Waals surface area contributed by atoms with Crippen molar-refractivity contribution < 1.29 is 22.8 Å². The molecule has 1 N–H and O–H groups in total. The van der Waals surface area contributed by atoms with Gasteiger partial charge in [-0.15, -0.1) is 0 Å². The highest BCUT2D eigenvalue weighted by atomic mass is 19.2. The molecule has 1 aliphatic rings. The minimum absolute atomic E-state index is 0.00870. The number of nitrogens with one attached hydrogen (secondary N) is 1. The molecule has 196 valence electrons. The minimum Gasteiger partial charge on any atom is -0.348 e. The first-order chi connectivity index (χ1) is 18.2. The monoisotopic (exact) mass is 521 g/mol. The number of carbonyl (C=O) groups excluding carboxylic acids is 2. The van der Waals surface area contributed by atoms with Crippen LogP contribution in [0.25, 0.3) is 27.6 Å². The summed E-state index contributed by atoms with van der Waals surface area (Å²) in [6.07, 6.45) is 6.02. The van der Waals surface area contributed by atoms with Crippen molar-refractivity contribution in [2.24, 2.45) is 0 Å². The zero-order chi connectivity index (χ0) is 27.0. The molecule has 0 bridgehead atoms. The Kier molecular flexibility index (Phi) is 6.79. The molecule has 2 aromatic carbocycles. The fraction of sp³-hybridized carbons (Fsp3) is 0.250. The van der Waals surface area contributed by atoms with Crippen LogP contribution in [-0.4, -0.2) is 63.6 Å². The standard InChI is InChI=1S/C28H26F3N5O2/c1-34(2)28(38)23-15-21-20(18-7-3-8-22(29)25(18)30)14-19(26(31)27(21)33-23)17-6-4-11-35(16-17)24(37)9-13-36-12-5-10-32-36/h3,5-8,10,12,14-15,33H,4,9,11,13,16H2,1-2H3. The van der Waals surface area contributed by atoms with Crippen LogP contribution in [0, 0.1) is 17.5 Å². The first-order valence-electron chi connectivity index (χ1n) is 12.2. The number of aromatic amines is 1. The topological polar surface area (TPSA) is 74.2 Å². The Morgan fingerprint density at radius 1 is 1.05 bits per heavy atom. The van der Waals surface area contributed by atoms with Crippen molar-refractivity contribution in [1.82, 2.24) is 24.6 Å². The maximum absolute atomic E-state index is 16.0. The van der Waals surface area contributed by atoms with E-state index in [1.54, 1.807) is 42.1 Å². The number of hydrogen-bond acceptors (Lipinski definition) is 3. The van der Waals surface area contributed by atoms with Crippen molar-refractivity contribution >= 4 is 28.3 Å². The van der Waals surface area contributed by atoms with E-state index >= 15 is 4.39 Å². The summed E-state index contributed by atoms with van der Waals surface area (Å²) in [4.78, 5) is 31.4. The van der Waals surface area contributed by atoms with Gasteiger partial charge in [0.25, 0.3) is 5.91 Å². The van der Waals surface area contributed by atoms with E-state index in [4.69, 9.17) is 0 Å². The molecule has 0 saturated carbocycles. The average Bonchev–Trinajstić information content (AvgIpc) is 3.60. The maximum atomic E-state index is 16.0. The minimum atomic E-state index is -1.07. The number of aromatic nitrogens is 3. The largest absolute Gasteiger partial charge is 0.348 e. The normalized spacial score (nSPS) is 13.6. The summed E-state index contributed by atoms with van der Waals surface area (Å²) in [6, 6.07) is 8.50. The second-order valence-corrected chi connectivity index (χ2v) is 9.41. The molecular weight excluding hydrogens is 495 g/mol. The van der Waals surface area contributed by atoms with Crippen LogP contribution in [0.15, 0.2) is 54.9 Å². The van der Waals surface area contributed by atoms with Gasteiger partial charge in [-0.2, -0.15) is 5.10 Å². The third kappa shape index (κ3) is 4.69. The lowest BCUT2D eigenvalue weighted by Gasteiger charge is -2.28. The van der Waals surface area contributed by atoms with Crippen molar-refractivity contribution in [3.63, 3.8) is 0 Å². The van der Waals surface area contributed by atoms with Gasteiger partial charge in [0, 0.05) is 69.1 Å². The first-order valence-corrected chi connectivity index (χ1v) is 12.2. The van der Waals surface area contributed by atoms with Gasteiger partial charge < -0.3 is 14.8 Å². The van der Waals surface area contributed by atoms with Crippen molar-refractivity contribution in [3.05, 3.63) is 83.6 Å². The van der Waals surface area contributed by atoms with Crippen LogP contribution < -0.4 is 0 Å². The number of nitrogens with zero attached hydrogens (tertiary/aromatic N) is 4. The molecule has 0 saturated heterocycles. The second-order valence-electron chi connectivity index (χ2n) is 9.41. The van der Waals surface area contributed by atoms with Gasteiger partial charge >= 0.3 is 0 Å². The number of rotatable bonds is 6. The van der Waals surface area contributed by atoms with Gasteiger partial charge in [-0.1, -0.05) is 18.2 Å². The zero-order valence-electron chi connectivity index (χ0n) is 21.0. The molecule has 0 unspecified atom stereocenters. The molecule has 0 aliphatic carbocycles. The van der Waals surface area contributed by atoms with Crippen LogP contribution in [0.2, 0.25) is 0 Å². The van der Waals surface area contributed by atoms with E-state index in [1.807, 2.05) is 6.08 Å². The number of carbonyl (C=O) groups is 2. The summed E-state index contributed by atoms with van der Waals surface area (Å²) in [5.74, 6) is -3.22. The van der Waals surface area contributed by atoms with Gasteiger partial charge in [-0.3, -0.25) is 14.3 Å². The predicted octanol–water partition coefficient (Wildman–Crippen LogP) is 4.86. The first kappa shape index (κ1) is 25.3. The maximum Gasteiger partial charge on any atom is 0.269 e. The lowest BCUT2D eigenvalue weighted by Crippen LogP contribution is -2.36. The molecule has 0 spiro atoms. The van der Waals surface area contributed by atoms with Gasteiger partial charge in [-0.25, -0.2) is 13.2 Å². The molecule has 7 nitrogen and oxygen atoms in total. The summed E-state index contributed by atoms with van der Waals surface area (Å²) in [5.41, 5.74) is 1.03. The Hall–Kier alpha value is -4.34. The van der Waals surface area contributed by atoms with Crippen LogP contribution in [-0.2, 0) is 11.3 Å². The quantitative estimate of drug-likeness (QED) is 0.394. The highest BCUT2D eigenvalue weighted by Crippen LogP contribution is 2.38. The molecule has 0 fully saturated rings. The smallest absolute Gasteiger partial charge is 0.269 e. The number of H-pyrrole nitrogens is 1. The lowest BCUT2D eigenvalue weighted by molar-refractivity contribution is -0.131. The lowest BCUT2D eigenvalue weighted by atomic mass is 9.93. The second kappa shape index (κ2) is 10.2. The predicted molar refractivity (Wildman–Crippen MR) is 138 cm³/mol. The van der Waals surface area contributed by atoms with Gasteiger partial charge in [-0.05, 0) is 41.8 Å². The van der Waals surface area contributed by atoms with E-state index in [0.29, 0.717) is 25.1 Å². The Morgan fingerprint density at radius 3 is 2.61 bits per heavy atom. The molecule has 3 heterocycles. The summed E-state index contributed by atoms with van der Waals surface area (Å²) in [7, 11) is 3.13. The number of hydrogen-bond donors (Lipinski definition) is 1. The van der Waals surface area contributed by atoms with Crippen molar-refractivity contribution in [2.75, 3.05) is 27.2 Å². The van der Waals surface area contributed by atoms with Crippen LogP contribution in [0.5, 0.6) is 0 Å². The summed E-state index contributed by atoms with van der Waals surface area (Å²) in [5, 5.41) is 4.36. The van der Waals surface area contributed by atoms with Crippen molar-refractivity contribution in [3.8, 4) is 11.1 Å². The highest BCUT2D eigenvalue weighted by molar-refractivity contribution is 6.04. The summed E-state index contributed by atoms with van der Waals surface area (Å²) >= 11 is 0. The van der Waals surface area contributed by atoms with Gasteiger partial charge in [0.05, 0.1) is 5.52 Å². The molecule has 10 heteroatoms. The average molecular weight is 522 g/mol. The zero-order valence-corrected chi connectivity index (χ0v) is 21.0. The van der Waals surface area contributed by atoms with E-state index in [9.17, 15) is 18.4 Å². The van der Waals surface area contributed by atoms with Crippen LogP contribution in [0.1, 0.15) is 28.9 Å². The third-order valence-corrected chi connectivity index (χ3v) is 6.69. The van der Waals surface area contributed by atoms with Gasteiger partial charge in [0.1, 0.15) is 5.69 Å². The highest BCUT2D eigenvalue weighted by Gasteiger charge is 2.26. The van der Waals surface area contributed by atoms with Gasteiger partial charge in [0.15, 0.2) is 17.5 Å². The van der Waals surface area contributed by atoms with E-state index in [2.05, 4.69) is 10.1 Å². The number of halogens is 3. The molecule has 38 heavy (non-hydrogen) atoms. The Labute approximate surface area is 217 Å². The SMILES string of the molecule is CN(C)C(=O)c1cc2c(-c3cccc(F)c3F)cc(C3=CCCN(C(=O)CCn4cccn4)C3)c(F)c2[nH]1. The Balaban J connectivity index is 1.56. The fourth-order valence-corrected chi connectivity index (χ4v) is 4.74. The Morgan fingerprint density at radius 2 is 1.87 bits per heavy atom. The van der Waals surface area contributed by atoms with E-state index in [-0.39, 0.29) is 52.2 Å². The van der Waals surface area contributed by atoms with Crippen LogP contribution >= 0.6 is 0 Å². The number of amides is 2. The number of benzene rings is 2. The molecule has 0 atom stereocenters. The van der Waals surface area contributed by atoms with Gasteiger partial charge in [0.2, 0.25) is 5.91 Å². The molecule has 2 amide bonds. The summed E-state index contributed by atoms with van der Waals surface area (Å²) < 4.78 is 46.8. The fourth-order valence-electron chi connectivity index (χ4n) is 4.74. The van der Waals surface area contributed by atoms with Crippen molar-refractivity contribution in [2.45, 2.75) is 19.4 Å². The van der Waals surface area contributed by atoms with Crippen LogP contribution in [0.4, 0.5) is 13.2 Å². The van der Waals surface area contributed by atoms with E-state index in [1.165, 1.54) is 29.2 Å². The molecule has 4 aromatic rings. The molecule has 2 aromatic heterocycles. The van der Waals surface area contributed by atoms with Crippen molar-refractivity contribution in [1.29, 1.82) is 0 Å². The summed E-state index contributed by atoms with van der Waals surface area (Å²) in [6.45, 7) is 1.08. The van der Waals surface area contributed by atoms with E-state index in [0.717, 1.165) is 6.07 Å². The molecule has 1 aliphatic heterocycles. The number of aryl methyl sites for hydroxylation is 1. The molecular formula is C28H26F3N5O2. The third-order valence-electron chi connectivity index (χ3n) is 6.69. The van der Waals surface area contributed by atoms with Crippen LogP contribution in [0.3, 0.4) is 0 Å². The Bertz CT molecular complexity index is 1560. The van der Waals surface area contributed by atoms with E-state index < -0.39 is 23.4 Å². The molecule has 5 rings (SSSR count). The molecule has 0 radical (unpaired) electrons.